The zero-order chi connectivity index (χ0) is 6.24. The van der Waals surface area contributed by atoms with Gasteiger partial charge in [0.2, 0.25) is 0 Å². The van der Waals surface area contributed by atoms with Gasteiger partial charge in [-0.15, -0.1) is 0 Å². The SMILES string of the molecule is [B]PCCCCCC. The second-order valence-corrected chi connectivity index (χ2v) is 2.92. The molecular formula is C6H14BP. The summed E-state index contributed by atoms with van der Waals surface area (Å²) in [6, 6.07) is 0. The Labute approximate surface area is 55.6 Å². The van der Waals surface area contributed by atoms with E-state index in [0.717, 1.165) is 0 Å². The third-order valence-electron chi connectivity index (χ3n) is 1.17. The first-order chi connectivity index (χ1) is 3.91. The third kappa shape index (κ3) is 6.49. The minimum absolute atomic E-state index is 0.669. The van der Waals surface area contributed by atoms with E-state index in [1.807, 2.05) is 0 Å². The van der Waals surface area contributed by atoms with Crippen LogP contribution < -0.4 is 0 Å². The van der Waals surface area contributed by atoms with Crippen molar-refractivity contribution in [3.05, 3.63) is 0 Å². The fraction of sp³-hybridized carbons (Fsp3) is 1.00. The molecule has 0 spiro atoms. The molecule has 2 radical (unpaired) electrons. The molecule has 2 heteroatoms. The maximum absolute atomic E-state index is 5.34. The van der Waals surface area contributed by atoms with Gasteiger partial charge in [-0.2, -0.15) is 8.46 Å². The molecule has 0 fully saturated rings. The molecule has 0 saturated heterocycles. The molecule has 0 aliphatic carbocycles. The quantitative estimate of drug-likeness (QED) is 0.302. The van der Waals surface area contributed by atoms with Gasteiger partial charge in [0.25, 0.3) is 0 Å². The van der Waals surface area contributed by atoms with Crippen LogP contribution in [0.4, 0.5) is 0 Å². The topological polar surface area (TPSA) is 0 Å². The molecule has 0 aliphatic heterocycles. The van der Waals surface area contributed by atoms with Gasteiger partial charge in [-0.25, -0.2) is 0 Å². The molecular weight excluding hydrogens is 114 g/mol. The molecule has 0 saturated carbocycles. The van der Waals surface area contributed by atoms with Crippen LogP contribution in [0.25, 0.3) is 0 Å². The summed E-state index contributed by atoms with van der Waals surface area (Å²) >= 11 is 0. The van der Waals surface area contributed by atoms with Crippen LogP contribution in [0.3, 0.4) is 0 Å². The Morgan fingerprint density at radius 3 is 2.50 bits per heavy atom. The zero-order valence-electron chi connectivity index (χ0n) is 5.61. The lowest BCUT2D eigenvalue weighted by Crippen LogP contribution is -1.76. The smallest absolute Gasteiger partial charge is 0.104 e. The van der Waals surface area contributed by atoms with Crippen molar-refractivity contribution in [2.75, 3.05) is 6.16 Å². The van der Waals surface area contributed by atoms with Crippen LogP contribution in [0, 0.1) is 0 Å². The molecule has 0 aromatic rings. The molecule has 1 unspecified atom stereocenters. The van der Waals surface area contributed by atoms with Crippen LogP contribution in [0.15, 0.2) is 0 Å². The molecule has 46 valence electrons. The summed E-state index contributed by atoms with van der Waals surface area (Å²) in [5.41, 5.74) is 0. The Morgan fingerprint density at radius 1 is 1.25 bits per heavy atom. The summed E-state index contributed by atoms with van der Waals surface area (Å²) in [5, 5.41) is 0. The van der Waals surface area contributed by atoms with Crippen LogP contribution in [0.5, 0.6) is 0 Å². The highest BCUT2D eigenvalue weighted by Crippen LogP contribution is 2.07. The first kappa shape index (κ1) is 8.49. The minimum atomic E-state index is 0.669. The average molecular weight is 128 g/mol. The molecule has 0 amide bonds. The predicted molar refractivity (Wildman–Crippen MR) is 43.1 cm³/mol. The van der Waals surface area contributed by atoms with Crippen molar-refractivity contribution < 1.29 is 0 Å². The Balaban J connectivity index is 2.53. The molecule has 0 bridgehead atoms. The van der Waals surface area contributed by atoms with Crippen molar-refractivity contribution in [1.82, 2.24) is 0 Å². The largest absolute Gasteiger partial charge is 0.172 e. The molecule has 0 aliphatic rings. The van der Waals surface area contributed by atoms with E-state index in [2.05, 4.69) is 6.92 Å². The van der Waals surface area contributed by atoms with Gasteiger partial charge in [-0.05, 0) is 6.16 Å². The van der Waals surface area contributed by atoms with E-state index >= 15 is 0 Å². The summed E-state index contributed by atoms with van der Waals surface area (Å²) in [6.07, 6.45) is 6.65. The van der Waals surface area contributed by atoms with E-state index in [1.54, 1.807) is 0 Å². The molecule has 0 heterocycles. The fourth-order valence-corrected chi connectivity index (χ4v) is 1.11. The van der Waals surface area contributed by atoms with E-state index < -0.39 is 0 Å². The summed E-state index contributed by atoms with van der Waals surface area (Å²) < 4.78 is 0. The zero-order valence-corrected chi connectivity index (χ0v) is 6.61. The Morgan fingerprint density at radius 2 is 2.00 bits per heavy atom. The van der Waals surface area contributed by atoms with E-state index in [1.165, 1.54) is 31.8 Å². The lowest BCUT2D eigenvalue weighted by atomic mass is 10.2. The average Bonchev–Trinajstić information content (AvgIpc) is 1.81. The number of hydrogen-bond donors (Lipinski definition) is 0. The van der Waals surface area contributed by atoms with Gasteiger partial charge in [-0.1, -0.05) is 32.6 Å². The normalized spacial score (nSPS) is 11.1. The van der Waals surface area contributed by atoms with Gasteiger partial charge in [-0.3, -0.25) is 0 Å². The summed E-state index contributed by atoms with van der Waals surface area (Å²) in [5.74, 6) is 0. The molecule has 8 heavy (non-hydrogen) atoms. The minimum Gasteiger partial charge on any atom is -0.172 e. The highest BCUT2D eigenvalue weighted by Gasteiger charge is 1.83. The van der Waals surface area contributed by atoms with Gasteiger partial charge in [0.15, 0.2) is 0 Å². The second-order valence-electron chi connectivity index (χ2n) is 2.01. The first-order valence-electron chi connectivity index (χ1n) is 3.35. The molecule has 0 aromatic heterocycles. The van der Waals surface area contributed by atoms with Gasteiger partial charge >= 0.3 is 0 Å². The standard InChI is InChI=1S/C6H14BP/c1-2-3-4-5-6-8-7/h8H,2-6H2,1H3. The van der Waals surface area contributed by atoms with E-state index in [-0.39, 0.29) is 0 Å². The van der Waals surface area contributed by atoms with Crippen LogP contribution in [-0.2, 0) is 0 Å². The first-order valence-corrected chi connectivity index (χ1v) is 4.63. The van der Waals surface area contributed by atoms with Crippen molar-refractivity contribution in [3.63, 3.8) is 0 Å². The predicted octanol–water partition coefficient (Wildman–Crippen LogP) is 2.33. The van der Waals surface area contributed by atoms with E-state index in [0.29, 0.717) is 8.46 Å². The molecule has 0 N–H and O–H groups in total. The maximum Gasteiger partial charge on any atom is 0.104 e. The number of hydrogen-bond acceptors (Lipinski definition) is 0. The van der Waals surface area contributed by atoms with Crippen molar-refractivity contribution in [3.8, 4) is 0 Å². The van der Waals surface area contributed by atoms with Gasteiger partial charge in [0, 0.05) is 0 Å². The van der Waals surface area contributed by atoms with E-state index in [4.69, 9.17) is 7.57 Å². The lowest BCUT2D eigenvalue weighted by Gasteiger charge is -1.94. The van der Waals surface area contributed by atoms with E-state index in [9.17, 15) is 0 Å². The third-order valence-corrected chi connectivity index (χ3v) is 1.82. The monoisotopic (exact) mass is 128 g/mol. The summed E-state index contributed by atoms with van der Waals surface area (Å²) in [4.78, 5) is 0. The van der Waals surface area contributed by atoms with Crippen molar-refractivity contribution >= 4 is 16.0 Å². The van der Waals surface area contributed by atoms with Crippen molar-refractivity contribution in [2.24, 2.45) is 0 Å². The Bertz CT molecular complexity index is 33.5. The lowest BCUT2D eigenvalue weighted by molar-refractivity contribution is 0.706. The van der Waals surface area contributed by atoms with Crippen LogP contribution in [-0.4, -0.2) is 13.7 Å². The highest BCUT2D eigenvalue weighted by molar-refractivity contribution is 7.66. The van der Waals surface area contributed by atoms with Crippen LogP contribution in [0.1, 0.15) is 32.6 Å². The van der Waals surface area contributed by atoms with Gasteiger partial charge in [0.1, 0.15) is 7.57 Å². The van der Waals surface area contributed by atoms with Crippen molar-refractivity contribution in [1.29, 1.82) is 0 Å². The molecule has 1 atom stereocenters. The Kier molecular flexibility index (Phi) is 7.96. The molecule has 0 aromatic carbocycles. The molecule has 0 nitrogen and oxygen atoms in total. The Hall–Kier alpha value is 0.495. The highest BCUT2D eigenvalue weighted by atomic mass is 31.1. The maximum atomic E-state index is 5.34. The van der Waals surface area contributed by atoms with Crippen molar-refractivity contribution in [2.45, 2.75) is 32.6 Å². The van der Waals surface area contributed by atoms with Crippen LogP contribution >= 0.6 is 8.46 Å². The fourth-order valence-electron chi connectivity index (χ4n) is 0.654. The summed E-state index contributed by atoms with van der Waals surface area (Å²) in [6.45, 7) is 2.23. The number of rotatable bonds is 5. The second kappa shape index (κ2) is 7.49. The summed E-state index contributed by atoms with van der Waals surface area (Å²) in [7, 11) is 6.01. The van der Waals surface area contributed by atoms with Gasteiger partial charge in [0.05, 0.1) is 0 Å². The number of unbranched alkanes of at least 4 members (excludes halogenated alkanes) is 3. The van der Waals surface area contributed by atoms with Crippen LogP contribution in [0.2, 0.25) is 0 Å². The van der Waals surface area contributed by atoms with Gasteiger partial charge < -0.3 is 0 Å². The molecule has 0 rings (SSSR count).